The summed E-state index contributed by atoms with van der Waals surface area (Å²) in [6.07, 6.45) is 3.46. The Kier molecular flexibility index (Phi) is 4.58. The van der Waals surface area contributed by atoms with Crippen LogP contribution in [-0.4, -0.2) is 66.0 Å². The van der Waals surface area contributed by atoms with Crippen molar-refractivity contribution in [3.63, 3.8) is 0 Å². The summed E-state index contributed by atoms with van der Waals surface area (Å²) >= 11 is 0. The van der Waals surface area contributed by atoms with E-state index in [1.807, 2.05) is 29.4 Å². The number of aromatic nitrogens is 2. The van der Waals surface area contributed by atoms with Crippen molar-refractivity contribution in [1.29, 1.82) is 0 Å². The van der Waals surface area contributed by atoms with Gasteiger partial charge in [-0.2, -0.15) is 0 Å². The molecule has 2 aromatic rings. The molecule has 5 rings (SSSR count). The summed E-state index contributed by atoms with van der Waals surface area (Å²) in [5.41, 5.74) is 4.37. The van der Waals surface area contributed by atoms with Gasteiger partial charge in [0.25, 0.3) is 0 Å². The minimum atomic E-state index is -0.203. The minimum absolute atomic E-state index is 0.0415. The van der Waals surface area contributed by atoms with Gasteiger partial charge in [0, 0.05) is 49.8 Å². The number of nitrogens with zero attached hydrogens (tertiary/aromatic N) is 5. The molecule has 8 nitrogen and oxygen atoms in total. The summed E-state index contributed by atoms with van der Waals surface area (Å²) < 4.78 is 5.47. The first-order valence-electron chi connectivity index (χ1n) is 10.3. The molecule has 3 aliphatic rings. The normalized spacial score (nSPS) is 23.1. The van der Waals surface area contributed by atoms with Crippen molar-refractivity contribution in [1.82, 2.24) is 20.2 Å². The molecule has 30 heavy (non-hydrogen) atoms. The Hall–Kier alpha value is -3.13. The number of hydrogen-bond acceptors (Lipinski definition) is 7. The highest BCUT2D eigenvalue weighted by atomic mass is 16.6. The van der Waals surface area contributed by atoms with E-state index < -0.39 is 0 Å². The number of piperazine rings is 2. The number of fused-ring (bicyclic) bond motifs is 1. The quantitative estimate of drug-likeness (QED) is 0.771. The lowest BCUT2D eigenvalue weighted by Crippen LogP contribution is -2.48. The number of rotatable bonds is 4. The Balaban J connectivity index is 1.22. The summed E-state index contributed by atoms with van der Waals surface area (Å²) in [6, 6.07) is 6.14. The van der Waals surface area contributed by atoms with E-state index in [1.165, 1.54) is 11.1 Å². The largest absolute Gasteiger partial charge is 0.368 e. The first-order valence-corrected chi connectivity index (χ1v) is 10.3. The maximum atomic E-state index is 11.7. The van der Waals surface area contributed by atoms with E-state index in [2.05, 4.69) is 51.6 Å². The Morgan fingerprint density at radius 3 is 2.67 bits per heavy atom. The molecule has 5 heterocycles. The summed E-state index contributed by atoms with van der Waals surface area (Å²) in [5.74, 6) is 1.78. The number of amides is 1. The molecule has 156 valence electrons. The molecule has 0 aliphatic carbocycles. The molecule has 2 atom stereocenters. The molecule has 3 aliphatic heterocycles. The lowest BCUT2D eigenvalue weighted by molar-refractivity contribution is -0.120. The van der Waals surface area contributed by atoms with Gasteiger partial charge < -0.3 is 24.8 Å². The average molecular weight is 406 g/mol. The van der Waals surface area contributed by atoms with Crippen molar-refractivity contribution in [2.75, 3.05) is 42.5 Å². The third kappa shape index (κ3) is 3.47. The first-order chi connectivity index (χ1) is 14.5. The maximum absolute atomic E-state index is 11.7. The smallest absolute Gasteiger partial charge is 0.241 e. The molecule has 3 fully saturated rings. The third-order valence-electron chi connectivity index (χ3n) is 5.92. The van der Waals surface area contributed by atoms with Crippen molar-refractivity contribution in [2.45, 2.75) is 26.3 Å². The fraction of sp³-hybridized carbons (Fsp3) is 0.409. The number of nitrogens with one attached hydrogen (secondary N) is 1. The fourth-order valence-corrected chi connectivity index (χ4v) is 4.24. The molecule has 2 unspecified atom stereocenters. The molecule has 2 aromatic heterocycles. The van der Waals surface area contributed by atoms with Crippen molar-refractivity contribution >= 4 is 23.2 Å². The van der Waals surface area contributed by atoms with Gasteiger partial charge in [-0.15, -0.1) is 0 Å². The zero-order valence-corrected chi connectivity index (χ0v) is 17.3. The average Bonchev–Trinajstić information content (AvgIpc) is 3.52. The predicted molar refractivity (Wildman–Crippen MR) is 115 cm³/mol. The maximum Gasteiger partial charge on any atom is 0.241 e. The Morgan fingerprint density at radius 1 is 1.17 bits per heavy atom. The van der Waals surface area contributed by atoms with Crippen molar-refractivity contribution in [3.05, 3.63) is 53.9 Å². The van der Waals surface area contributed by atoms with Crippen LogP contribution < -0.4 is 15.1 Å². The highest BCUT2D eigenvalue weighted by Crippen LogP contribution is 2.31. The fourth-order valence-electron chi connectivity index (χ4n) is 4.24. The van der Waals surface area contributed by atoms with Crippen LogP contribution in [0.1, 0.15) is 16.7 Å². The van der Waals surface area contributed by atoms with Gasteiger partial charge in [-0.3, -0.25) is 4.79 Å². The van der Waals surface area contributed by atoms with E-state index in [9.17, 15) is 4.79 Å². The van der Waals surface area contributed by atoms with Gasteiger partial charge in [0.2, 0.25) is 5.91 Å². The van der Waals surface area contributed by atoms with E-state index in [0.717, 1.165) is 49.1 Å². The standard InChI is InChI=1S/C22H26N6O2/c1-14-10-15(2)20(24-11-14)27-8-6-26(7-9-27)16(3)17-4-5-18(23-12-17)28-13-19(29)25-21-22(28)30-21/h4-5,10-12,21-22H,3,6-9,13H2,1-2H3,(H,25,29). The van der Waals surface area contributed by atoms with E-state index in [0.29, 0.717) is 0 Å². The van der Waals surface area contributed by atoms with Crippen molar-refractivity contribution in [2.24, 2.45) is 0 Å². The number of carbonyl (C=O) groups excluding carboxylic acids is 1. The van der Waals surface area contributed by atoms with Crippen LogP contribution in [0.3, 0.4) is 0 Å². The molecule has 1 amide bonds. The number of hydrogen-bond donors (Lipinski definition) is 1. The first kappa shape index (κ1) is 18.9. The number of carbonyl (C=O) groups is 1. The van der Waals surface area contributed by atoms with Gasteiger partial charge in [0.05, 0.1) is 0 Å². The number of aryl methyl sites for hydroxylation is 2. The SMILES string of the molecule is C=C(c1ccc(N2CC(=O)NC3OC32)nc1)N1CCN(c2ncc(C)cc2C)CC1. The van der Waals surface area contributed by atoms with Crippen LogP contribution in [0, 0.1) is 13.8 Å². The van der Waals surface area contributed by atoms with Crippen LogP contribution in [0.15, 0.2) is 37.2 Å². The van der Waals surface area contributed by atoms with Gasteiger partial charge in [-0.25, -0.2) is 9.97 Å². The second-order valence-electron chi connectivity index (χ2n) is 8.12. The van der Waals surface area contributed by atoms with Gasteiger partial charge in [-0.05, 0) is 37.1 Å². The number of ether oxygens (including phenoxy) is 1. The second-order valence-corrected chi connectivity index (χ2v) is 8.12. The lowest BCUT2D eigenvalue weighted by atomic mass is 10.1. The molecular formula is C22H26N6O2. The van der Waals surface area contributed by atoms with Crippen LogP contribution in [0.5, 0.6) is 0 Å². The summed E-state index contributed by atoms with van der Waals surface area (Å²) in [4.78, 5) is 27.5. The molecule has 3 saturated heterocycles. The van der Waals surface area contributed by atoms with E-state index in [1.54, 1.807) is 0 Å². The van der Waals surface area contributed by atoms with Crippen LogP contribution in [0.25, 0.3) is 5.70 Å². The van der Waals surface area contributed by atoms with E-state index in [-0.39, 0.29) is 24.9 Å². The highest BCUT2D eigenvalue weighted by Gasteiger charge is 2.49. The Morgan fingerprint density at radius 2 is 1.97 bits per heavy atom. The Labute approximate surface area is 176 Å². The van der Waals surface area contributed by atoms with Crippen molar-refractivity contribution < 1.29 is 9.53 Å². The van der Waals surface area contributed by atoms with Gasteiger partial charge in [-0.1, -0.05) is 12.6 Å². The number of anilines is 2. The molecular weight excluding hydrogens is 380 g/mol. The van der Waals surface area contributed by atoms with E-state index in [4.69, 9.17) is 4.74 Å². The summed E-state index contributed by atoms with van der Waals surface area (Å²) in [7, 11) is 0. The summed E-state index contributed by atoms with van der Waals surface area (Å²) in [5, 5.41) is 2.79. The van der Waals surface area contributed by atoms with Crippen LogP contribution in [-0.2, 0) is 9.53 Å². The van der Waals surface area contributed by atoms with Crippen molar-refractivity contribution in [3.8, 4) is 0 Å². The van der Waals surface area contributed by atoms with Gasteiger partial charge >= 0.3 is 0 Å². The molecule has 8 heteroatoms. The zero-order chi connectivity index (χ0) is 20.8. The second kappa shape index (κ2) is 7.28. The predicted octanol–water partition coefficient (Wildman–Crippen LogP) is 1.50. The zero-order valence-electron chi connectivity index (χ0n) is 17.3. The molecule has 0 bridgehead atoms. The van der Waals surface area contributed by atoms with Crippen LogP contribution in [0.4, 0.5) is 11.6 Å². The minimum Gasteiger partial charge on any atom is -0.368 e. The molecule has 0 spiro atoms. The Bertz CT molecular complexity index is 984. The molecule has 0 radical (unpaired) electrons. The van der Waals surface area contributed by atoms with E-state index >= 15 is 0 Å². The topological polar surface area (TPSA) is 77.1 Å². The third-order valence-corrected chi connectivity index (χ3v) is 5.92. The lowest BCUT2D eigenvalue weighted by Gasteiger charge is -2.38. The van der Waals surface area contributed by atoms with Crippen LogP contribution in [0.2, 0.25) is 0 Å². The monoisotopic (exact) mass is 406 g/mol. The molecule has 0 aromatic carbocycles. The summed E-state index contributed by atoms with van der Waals surface area (Å²) in [6.45, 7) is 12.4. The van der Waals surface area contributed by atoms with Gasteiger partial charge in [0.1, 0.15) is 18.2 Å². The molecule has 1 N–H and O–H groups in total. The van der Waals surface area contributed by atoms with Crippen LogP contribution >= 0.6 is 0 Å². The highest BCUT2D eigenvalue weighted by molar-refractivity contribution is 5.83. The van der Waals surface area contributed by atoms with Gasteiger partial charge in [0.15, 0.2) is 12.5 Å². The number of pyridine rings is 2. The number of epoxide rings is 1. The molecule has 0 saturated carbocycles.